The number of fused-ring (bicyclic) bond motifs is 9. The van der Waals surface area contributed by atoms with Crippen LogP contribution >= 0.6 is 23.1 Å². The monoisotopic (exact) mass is 619 g/mol. The molecule has 1 aromatic heterocycles. The Morgan fingerprint density at radius 1 is 1.05 bits per heavy atom. The molecule has 3 fully saturated rings. The van der Waals surface area contributed by atoms with Crippen molar-refractivity contribution in [1.82, 2.24) is 9.88 Å². The van der Waals surface area contributed by atoms with Crippen molar-refractivity contribution in [3.05, 3.63) is 74.2 Å². The summed E-state index contributed by atoms with van der Waals surface area (Å²) in [7, 11) is 0. The zero-order valence-electron chi connectivity index (χ0n) is 23.1. The summed E-state index contributed by atoms with van der Waals surface area (Å²) >= 11 is 2.74. The number of hydrogen-bond acceptors (Lipinski definition) is 9. The van der Waals surface area contributed by atoms with Gasteiger partial charge in [0.05, 0.1) is 29.0 Å². The summed E-state index contributed by atoms with van der Waals surface area (Å²) in [6.07, 6.45) is 0.695. The zero-order chi connectivity index (χ0) is 30.0. The number of anilines is 1. The van der Waals surface area contributed by atoms with Crippen molar-refractivity contribution < 1.29 is 29.0 Å². The van der Waals surface area contributed by atoms with Gasteiger partial charge in [-0.3, -0.25) is 24.1 Å². The molecule has 3 amide bonds. The van der Waals surface area contributed by atoms with E-state index in [0.717, 1.165) is 33.2 Å². The predicted molar refractivity (Wildman–Crippen MR) is 159 cm³/mol. The van der Waals surface area contributed by atoms with Crippen molar-refractivity contribution in [2.75, 3.05) is 18.5 Å². The molecule has 3 N–H and O–H groups in total. The predicted octanol–water partition coefficient (Wildman–Crippen LogP) is 3.82. The molecule has 1 saturated heterocycles. The number of nitrogens with zero attached hydrogens (tertiary/aromatic N) is 1. The van der Waals surface area contributed by atoms with Crippen molar-refractivity contribution in [2.45, 2.75) is 36.0 Å². The molecule has 43 heavy (non-hydrogen) atoms. The molecular weight excluding hydrogens is 590 g/mol. The number of nitrogens with one attached hydrogen (secondary N) is 2. The molecule has 7 atom stereocenters. The molecule has 0 spiro atoms. The number of rotatable bonds is 7. The lowest BCUT2D eigenvalue weighted by Gasteiger charge is -2.43. The maximum absolute atomic E-state index is 13.8. The number of hydrogen-bond donors (Lipinski definition) is 3. The lowest BCUT2D eigenvalue weighted by atomic mass is 9.68. The van der Waals surface area contributed by atoms with Crippen molar-refractivity contribution in [1.29, 1.82) is 0 Å². The van der Waals surface area contributed by atoms with E-state index in [-0.39, 0.29) is 76.8 Å². The van der Waals surface area contributed by atoms with E-state index >= 15 is 0 Å². The number of phenolic OH excluding ortho intramolecular Hbond substituents is 1. The molecule has 7 rings (SSSR count). The van der Waals surface area contributed by atoms with Crippen LogP contribution in [0.5, 0.6) is 5.75 Å². The number of imide groups is 1. The third-order valence-corrected chi connectivity index (χ3v) is 11.9. The maximum Gasteiger partial charge on any atom is 0.338 e. The number of thioether (sulfide) groups is 1. The number of benzene rings is 2. The molecule has 2 bridgehead atoms. The molecule has 222 valence electrons. The van der Waals surface area contributed by atoms with E-state index in [1.54, 1.807) is 55.1 Å². The van der Waals surface area contributed by atoms with Gasteiger partial charge in [0.15, 0.2) is 0 Å². The smallest absolute Gasteiger partial charge is 0.338 e. The summed E-state index contributed by atoms with van der Waals surface area (Å²) in [6.45, 7) is 1.98. The van der Waals surface area contributed by atoms with E-state index in [0.29, 0.717) is 11.3 Å². The summed E-state index contributed by atoms with van der Waals surface area (Å²) < 4.78 is 4.98. The molecule has 2 aliphatic carbocycles. The third kappa shape index (κ3) is 4.50. The van der Waals surface area contributed by atoms with Crippen LogP contribution in [0.1, 0.15) is 46.5 Å². The summed E-state index contributed by atoms with van der Waals surface area (Å²) in [6, 6.07) is 13.5. The molecule has 10 nitrogen and oxygen atoms in total. The Hall–Kier alpha value is -3.90. The third-order valence-electron chi connectivity index (χ3n) is 9.33. The highest BCUT2D eigenvalue weighted by atomic mass is 32.2. The number of thiazole rings is 1. The number of esters is 1. The van der Waals surface area contributed by atoms with Gasteiger partial charge in [0, 0.05) is 40.3 Å². The average molecular weight is 620 g/mol. The fourth-order valence-corrected chi connectivity index (χ4v) is 10.6. The topological polar surface area (TPSA) is 146 Å². The number of ether oxygens (including phenoxy) is 1. The fourth-order valence-electron chi connectivity index (χ4n) is 7.74. The number of aromatic hydroxyl groups is 1. The Labute approximate surface area is 254 Å². The molecule has 4 aliphatic rings. The Balaban J connectivity index is 1.08. The molecule has 3 aromatic rings. The van der Waals surface area contributed by atoms with Gasteiger partial charge in [-0.1, -0.05) is 29.5 Å². The number of carbonyl (C=O) groups is 4. The number of phenols is 1. The summed E-state index contributed by atoms with van der Waals surface area (Å²) in [4.78, 5) is 69.4. The molecular formula is C31H29N3O7S2. The molecule has 2 saturated carbocycles. The molecule has 12 heteroatoms. The maximum atomic E-state index is 13.8. The van der Waals surface area contributed by atoms with Gasteiger partial charge < -0.3 is 20.1 Å². The van der Waals surface area contributed by atoms with E-state index in [2.05, 4.69) is 10.3 Å². The minimum atomic E-state index is -0.469. The number of H-pyrrole nitrogens is 1. The quantitative estimate of drug-likeness (QED) is 0.267. The second kappa shape index (κ2) is 10.7. The van der Waals surface area contributed by atoms with Gasteiger partial charge >= 0.3 is 10.8 Å². The first kappa shape index (κ1) is 27.9. The van der Waals surface area contributed by atoms with Crippen LogP contribution in [0.4, 0.5) is 5.69 Å². The van der Waals surface area contributed by atoms with Crippen LogP contribution in [0.3, 0.4) is 0 Å². The first-order valence-electron chi connectivity index (χ1n) is 14.4. The molecule has 2 aromatic carbocycles. The average Bonchev–Trinajstić information content (AvgIpc) is 3.72. The summed E-state index contributed by atoms with van der Waals surface area (Å²) in [5, 5.41) is 14.4. The highest BCUT2D eigenvalue weighted by Crippen LogP contribution is 2.68. The lowest BCUT2D eigenvalue weighted by molar-refractivity contribution is -0.141. The second-order valence-electron chi connectivity index (χ2n) is 11.4. The van der Waals surface area contributed by atoms with Gasteiger partial charge in [-0.2, -0.15) is 0 Å². The number of aromatic nitrogens is 1. The minimum absolute atomic E-state index is 0.0110. The van der Waals surface area contributed by atoms with E-state index in [1.807, 2.05) is 12.1 Å². The van der Waals surface area contributed by atoms with Crippen LogP contribution in [0.25, 0.3) is 0 Å². The van der Waals surface area contributed by atoms with Gasteiger partial charge in [0.25, 0.3) is 0 Å². The van der Waals surface area contributed by atoms with Gasteiger partial charge in [-0.25, -0.2) is 4.79 Å². The van der Waals surface area contributed by atoms with E-state index in [1.165, 1.54) is 4.90 Å². The van der Waals surface area contributed by atoms with Gasteiger partial charge in [0.2, 0.25) is 17.7 Å². The number of para-hydroxylation sites is 1. The number of aromatic amines is 1. The van der Waals surface area contributed by atoms with Gasteiger partial charge in [0.1, 0.15) is 5.75 Å². The second-order valence-corrected chi connectivity index (χ2v) is 13.6. The minimum Gasteiger partial charge on any atom is -0.508 e. The van der Waals surface area contributed by atoms with Gasteiger partial charge in [-0.05, 0) is 61.4 Å². The SMILES string of the molecule is CCOC(=O)c1ccc(NC(=O)CCN2C(=O)C3C4CC(C3C2=O)C2C(c3ccccc3O)c3sc(=O)[nH]c3SC42)cc1. The molecule has 2 aliphatic heterocycles. The van der Waals surface area contributed by atoms with Crippen molar-refractivity contribution in [2.24, 2.45) is 29.6 Å². The summed E-state index contributed by atoms with van der Waals surface area (Å²) in [5.41, 5.74) is 1.60. The van der Waals surface area contributed by atoms with Crippen LogP contribution < -0.4 is 10.2 Å². The number of amides is 3. The normalized spacial score (nSPS) is 28.4. The van der Waals surface area contributed by atoms with Crippen LogP contribution in [0.2, 0.25) is 0 Å². The zero-order valence-corrected chi connectivity index (χ0v) is 24.8. The number of likely N-dealkylation sites (tertiary alicyclic amines) is 1. The fraction of sp³-hybridized carbons (Fsp3) is 0.387. The summed E-state index contributed by atoms with van der Waals surface area (Å²) in [5.74, 6) is -2.38. The van der Waals surface area contributed by atoms with E-state index in [9.17, 15) is 29.1 Å². The Kier molecular flexibility index (Phi) is 6.93. The molecule has 7 unspecified atom stereocenters. The standard InChI is InChI=1S/C31H29N3O7S2/c1-2-41-30(39)14-7-9-15(10-8-14)32-20(36)11-12-34-28(37)23-17-13-18(24(23)29(34)38)25-22(17)21(16-5-3-4-6-19(16)35)26-27(42-25)33-31(40)43-26/h3-10,17-18,21-25,35H,2,11-13H2,1H3,(H,32,36)(H,33,40). The largest absolute Gasteiger partial charge is 0.508 e. The first-order chi connectivity index (χ1) is 20.8. The van der Waals surface area contributed by atoms with Crippen molar-refractivity contribution in [3.8, 4) is 5.75 Å². The van der Waals surface area contributed by atoms with E-state index in [4.69, 9.17) is 4.74 Å². The highest BCUT2D eigenvalue weighted by Gasteiger charge is 2.69. The highest BCUT2D eigenvalue weighted by molar-refractivity contribution is 8.00. The van der Waals surface area contributed by atoms with Gasteiger partial charge in [-0.15, -0.1) is 11.8 Å². The van der Waals surface area contributed by atoms with Crippen LogP contribution in [0, 0.1) is 29.6 Å². The molecule has 3 heterocycles. The number of carbonyl (C=O) groups excluding carboxylic acids is 4. The van der Waals surface area contributed by atoms with Crippen molar-refractivity contribution in [3.63, 3.8) is 0 Å². The van der Waals surface area contributed by atoms with Crippen LogP contribution in [-0.2, 0) is 19.1 Å². The Bertz CT molecular complexity index is 1700. The van der Waals surface area contributed by atoms with Crippen LogP contribution in [0.15, 0.2) is 58.4 Å². The van der Waals surface area contributed by atoms with Crippen molar-refractivity contribution >= 4 is 52.5 Å². The first-order valence-corrected chi connectivity index (χ1v) is 16.1. The molecule has 0 radical (unpaired) electrons. The Morgan fingerprint density at radius 2 is 1.77 bits per heavy atom. The Morgan fingerprint density at radius 3 is 2.49 bits per heavy atom. The van der Waals surface area contributed by atoms with E-state index < -0.39 is 17.8 Å². The lowest BCUT2D eigenvalue weighted by Crippen LogP contribution is -2.42. The van der Waals surface area contributed by atoms with Crippen LogP contribution in [-0.4, -0.2) is 57.1 Å².